The van der Waals surface area contributed by atoms with Gasteiger partial charge in [-0.2, -0.15) is 0 Å². The van der Waals surface area contributed by atoms with Crippen LogP contribution in [0.5, 0.6) is 0 Å². The van der Waals surface area contributed by atoms with Crippen LogP contribution in [-0.4, -0.2) is 6.29 Å². The zero-order chi connectivity index (χ0) is 8.81. The largest absolute Gasteiger partial charge is 0.291 e. The SMILES string of the molecule is CCC[C@H]1CC[C@H](C[C]=O)CC1. The van der Waals surface area contributed by atoms with Gasteiger partial charge in [0.1, 0.15) is 0 Å². The molecule has 0 saturated heterocycles. The van der Waals surface area contributed by atoms with Crippen LogP contribution in [-0.2, 0) is 4.79 Å². The third-order valence-corrected chi connectivity index (χ3v) is 3.04. The van der Waals surface area contributed by atoms with Crippen LogP contribution in [0.25, 0.3) is 0 Å². The third-order valence-electron chi connectivity index (χ3n) is 3.04. The summed E-state index contributed by atoms with van der Waals surface area (Å²) >= 11 is 0. The Morgan fingerprint density at radius 1 is 1.17 bits per heavy atom. The quantitative estimate of drug-likeness (QED) is 0.628. The summed E-state index contributed by atoms with van der Waals surface area (Å²) in [7, 11) is 0. The molecule has 0 aromatic rings. The predicted octanol–water partition coefficient (Wildman–Crippen LogP) is 3.09. The molecule has 0 spiro atoms. The molecule has 0 aliphatic heterocycles. The van der Waals surface area contributed by atoms with Crippen molar-refractivity contribution in [2.24, 2.45) is 11.8 Å². The Bertz CT molecular complexity index is 123. The van der Waals surface area contributed by atoms with Crippen LogP contribution in [0.15, 0.2) is 0 Å². The van der Waals surface area contributed by atoms with Gasteiger partial charge in [-0.3, -0.25) is 4.79 Å². The molecule has 1 fully saturated rings. The Hall–Kier alpha value is -0.330. The molecule has 1 aliphatic carbocycles. The summed E-state index contributed by atoms with van der Waals surface area (Å²) < 4.78 is 0. The molecule has 1 saturated carbocycles. The van der Waals surface area contributed by atoms with E-state index in [0.29, 0.717) is 12.3 Å². The summed E-state index contributed by atoms with van der Waals surface area (Å²) in [6.07, 6.45) is 10.6. The lowest BCUT2D eigenvalue weighted by atomic mass is 9.79. The molecule has 69 valence electrons. The van der Waals surface area contributed by atoms with E-state index in [4.69, 9.17) is 0 Å². The monoisotopic (exact) mass is 167 g/mol. The van der Waals surface area contributed by atoms with Crippen molar-refractivity contribution in [3.05, 3.63) is 0 Å². The third kappa shape index (κ3) is 2.96. The van der Waals surface area contributed by atoms with Crippen molar-refractivity contribution in [3.8, 4) is 0 Å². The minimum Gasteiger partial charge on any atom is -0.291 e. The van der Waals surface area contributed by atoms with Crippen LogP contribution < -0.4 is 0 Å². The van der Waals surface area contributed by atoms with Crippen molar-refractivity contribution in [3.63, 3.8) is 0 Å². The second kappa shape index (κ2) is 5.34. The smallest absolute Gasteiger partial charge is 0.198 e. The van der Waals surface area contributed by atoms with Gasteiger partial charge in [0.05, 0.1) is 0 Å². The molecule has 12 heavy (non-hydrogen) atoms. The molecular formula is C11H19O. The van der Waals surface area contributed by atoms with Gasteiger partial charge in [-0.05, 0) is 24.7 Å². The van der Waals surface area contributed by atoms with E-state index in [1.807, 2.05) is 6.29 Å². The van der Waals surface area contributed by atoms with Crippen molar-refractivity contribution in [2.75, 3.05) is 0 Å². The Morgan fingerprint density at radius 3 is 2.25 bits per heavy atom. The lowest BCUT2D eigenvalue weighted by molar-refractivity contribution is 0.265. The maximum absolute atomic E-state index is 10.2. The molecule has 0 amide bonds. The fourth-order valence-electron chi connectivity index (χ4n) is 2.25. The molecule has 0 aromatic carbocycles. The Kier molecular flexibility index (Phi) is 4.34. The molecule has 1 rings (SSSR count). The zero-order valence-corrected chi connectivity index (χ0v) is 8.01. The van der Waals surface area contributed by atoms with Gasteiger partial charge in [0, 0.05) is 6.42 Å². The van der Waals surface area contributed by atoms with Crippen LogP contribution in [0.2, 0.25) is 0 Å². The standard InChI is InChI=1S/C11H19O/c1-2-3-10-4-6-11(7-5-10)8-9-12/h10-11H,2-8H2,1H3/t10-,11-. The van der Waals surface area contributed by atoms with E-state index in [1.165, 1.54) is 38.5 Å². The molecule has 0 aromatic heterocycles. The highest BCUT2D eigenvalue weighted by molar-refractivity contribution is 5.50. The molecule has 0 bridgehead atoms. The Morgan fingerprint density at radius 2 is 1.75 bits per heavy atom. The molecule has 0 heterocycles. The first-order chi connectivity index (χ1) is 5.86. The van der Waals surface area contributed by atoms with Crippen LogP contribution in [0.4, 0.5) is 0 Å². The highest BCUT2D eigenvalue weighted by atomic mass is 16.1. The van der Waals surface area contributed by atoms with Crippen LogP contribution in [0, 0.1) is 11.8 Å². The fourth-order valence-corrected chi connectivity index (χ4v) is 2.25. The highest BCUT2D eigenvalue weighted by Crippen LogP contribution is 2.32. The average Bonchev–Trinajstić information content (AvgIpc) is 2.09. The minimum atomic E-state index is 0.663. The maximum atomic E-state index is 10.2. The molecular weight excluding hydrogens is 148 g/mol. The highest BCUT2D eigenvalue weighted by Gasteiger charge is 2.19. The van der Waals surface area contributed by atoms with Gasteiger partial charge in [-0.15, -0.1) is 0 Å². The van der Waals surface area contributed by atoms with E-state index in [2.05, 4.69) is 6.92 Å². The van der Waals surface area contributed by atoms with Crippen LogP contribution in [0.3, 0.4) is 0 Å². The number of hydrogen-bond acceptors (Lipinski definition) is 1. The minimum absolute atomic E-state index is 0.663. The van der Waals surface area contributed by atoms with E-state index in [0.717, 1.165) is 5.92 Å². The Balaban J connectivity index is 2.15. The first-order valence-corrected chi connectivity index (χ1v) is 5.21. The zero-order valence-electron chi connectivity index (χ0n) is 8.01. The van der Waals surface area contributed by atoms with Gasteiger partial charge in [0.2, 0.25) is 0 Å². The lowest BCUT2D eigenvalue weighted by Gasteiger charge is -2.26. The van der Waals surface area contributed by atoms with Crippen LogP contribution >= 0.6 is 0 Å². The summed E-state index contributed by atoms with van der Waals surface area (Å²) in [5.41, 5.74) is 0. The maximum Gasteiger partial charge on any atom is 0.198 e. The Labute approximate surface area is 75.5 Å². The van der Waals surface area contributed by atoms with Crippen molar-refractivity contribution in [1.82, 2.24) is 0 Å². The molecule has 1 aliphatic rings. The number of rotatable bonds is 4. The van der Waals surface area contributed by atoms with E-state index in [1.54, 1.807) is 0 Å². The molecule has 0 atom stereocenters. The predicted molar refractivity (Wildman–Crippen MR) is 50.7 cm³/mol. The number of hydrogen-bond donors (Lipinski definition) is 0. The van der Waals surface area contributed by atoms with Crippen LogP contribution in [0.1, 0.15) is 51.9 Å². The second-order valence-corrected chi connectivity index (χ2v) is 4.02. The second-order valence-electron chi connectivity index (χ2n) is 4.02. The summed E-state index contributed by atoms with van der Waals surface area (Å²) in [4.78, 5) is 10.2. The van der Waals surface area contributed by atoms with Gasteiger partial charge in [-0.1, -0.05) is 32.6 Å². The van der Waals surface area contributed by atoms with E-state index < -0.39 is 0 Å². The van der Waals surface area contributed by atoms with Crippen molar-refractivity contribution in [2.45, 2.75) is 51.9 Å². The fraction of sp³-hybridized carbons (Fsp3) is 0.909. The summed E-state index contributed by atoms with van der Waals surface area (Å²) in [6.45, 7) is 2.26. The van der Waals surface area contributed by atoms with E-state index in [9.17, 15) is 4.79 Å². The van der Waals surface area contributed by atoms with E-state index >= 15 is 0 Å². The van der Waals surface area contributed by atoms with Gasteiger partial charge in [0.15, 0.2) is 6.29 Å². The molecule has 0 unspecified atom stereocenters. The molecule has 0 N–H and O–H groups in total. The molecule has 1 radical (unpaired) electrons. The van der Waals surface area contributed by atoms with Crippen molar-refractivity contribution < 1.29 is 4.79 Å². The summed E-state index contributed by atoms with van der Waals surface area (Å²) in [5, 5.41) is 0. The van der Waals surface area contributed by atoms with Gasteiger partial charge in [-0.25, -0.2) is 0 Å². The summed E-state index contributed by atoms with van der Waals surface area (Å²) in [6, 6.07) is 0. The summed E-state index contributed by atoms with van der Waals surface area (Å²) in [5.74, 6) is 1.62. The van der Waals surface area contributed by atoms with Crippen molar-refractivity contribution in [1.29, 1.82) is 0 Å². The van der Waals surface area contributed by atoms with Gasteiger partial charge in [0.25, 0.3) is 0 Å². The molecule has 1 nitrogen and oxygen atoms in total. The van der Waals surface area contributed by atoms with Gasteiger partial charge < -0.3 is 0 Å². The first-order valence-electron chi connectivity index (χ1n) is 5.21. The topological polar surface area (TPSA) is 17.1 Å². The van der Waals surface area contributed by atoms with E-state index in [-0.39, 0.29) is 0 Å². The van der Waals surface area contributed by atoms with Crippen molar-refractivity contribution >= 4 is 6.29 Å². The molecule has 1 heteroatoms. The first kappa shape index (κ1) is 9.76. The average molecular weight is 167 g/mol. The van der Waals surface area contributed by atoms with Gasteiger partial charge >= 0.3 is 0 Å². The lowest BCUT2D eigenvalue weighted by Crippen LogP contribution is -2.14. The normalized spacial score (nSPS) is 30.1. The number of carbonyl (C=O) groups excluding carboxylic acids is 1.